The van der Waals surface area contributed by atoms with E-state index in [2.05, 4.69) is 29.7 Å². The molecule has 0 spiro atoms. The van der Waals surface area contributed by atoms with E-state index in [-0.39, 0.29) is 5.69 Å². The van der Waals surface area contributed by atoms with Gasteiger partial charge in [-0.05, 0) is 36.4 Å². The molecule has 0 saturated carbocycles. The highest BCUT2D eigenvalue weighted by Crippen LogP contribution is 2.31. The van der Waals surface area contributed by atoms with Gasteiger partial charge in [0.2, 0.25) is 0 Å². The Morgan fingerprint density at radius 3 is 2.59 bits per heavy atom. The summed E-state index contributed by atoms with van der Waals surface area (Å²) in [5, 5.41) is 17.4. The highest BCUT2D eigenvalue weighted by atomic mass is 16.5. The molecule has 1 aliphatic heterocycles. The third-order valence-electron chi connectivity index (χ3n) is 7.16. The Kier molecular flexibility index (Phi) is 7.01. The number of carbonyl (C=O) groups is 1. The van der Waals surface area contributed by atoms with E-state index in [1.54, 1.807) is 34.8 Å². The molecule has 41 heavy (non-hydrogen) atoms. The van der Waals surface area contributed by atoms with Gasteiger partial charge in [0.05, 0.1) is 24.5 Å². The molecule has 1 saturated heterocycles. The fraction of sp³-hybridized carbons (Fsp3) is 0.241. The average molecular weight is 550 g/mol. The molecule has 6 rings (SSSR count). The largest absolute Gasteiger partial charge is 0.495 e. The molecule has 12 heteroatoms. The molecule has 0 atom stereocenters. The lowest BCUT2D eigenvalue weighted by Crippen LogP contribution is -2.46. The first kappa shape index (κ1) is 26.0. The quantitative estimate of drug-likeness (QED) is 0.221. The first-order valence-corrected chi connectivity index (χ1v) is 13.1. The van der Waals surface area contributed by atoms with Crippen LogP contribution in [-0.2, 0) is 18.3 Å². The Balaban J connectivity index is 1.24. The molecule has 0 unspecified atom stereocenters. The summed E-state index contributed by atoms with van der Waals surface area (Å²) in [5.74, 6) is 0.898. The van der Waals surface area contributed by atoms with Crippen LogP contribution in [0.4, 0.5) is 5.82 Å². The number of methoxy groups -OCH3 is 1. The lowest BCUT2D eigenvalue weighted by molar-refractivity contribution is 0.0678. The number of hydrogen-bond donors (Lipinski definition) is 0. The first-order chi connectivity index (χ1) is 20.0. The molecular weight excluding hydrogens is 522 g/mol. The second-order valence-corrected chi connectivity index (χ2v) is 9.71. The third-order valence-corrected chi connectivity index (χ3v) is 7.16. The zero-order chi connectivity index (χ0) is 28.3. The summed E-state index contributed by atoms with van der Waals surface area (Å²) < 4.78 is 13.3. The highest BCUT2D eigenvalue weighted by Gasteiger charge is 2.21. The molecule has 0 N–H and O–H groups in total. The van der Waals surface area contributed by atoms with Crippen LogP contribution < -0.4 is 9.64 Å². The zero-order valence-corrected chi connectivity index (χ0v) is 22.6. The number of ether oxygens (including phenoxy) is 2. The van der Waals surface area contributed by atoms with Gasteiger partial charge in [-0.3, -0.25) is 14.6 Å². The lowest BCUT2D eigenvalue weighted by atomic mass is 10.0. The van der Waals surface area contributed by atoms with Crippen molar-refractivity contribution in [1.29, 1.82) is 5.26 Å². The van der Waals surface area contributed by atoms with E-state index < -0.39 is 5.97 Å². The summed E-state index contributed by atoms with van der Waals surface area (Å²) in [6.07, 6.45) is 10.5. The van der Waals surface area contributed by atoms with E-state index in [4.69, 9.17) is 15.0 Å². The van der Waals surface area contributed by atoms with Crippen LogP contribution in [0.3, 0.4) is 0 Å². The van der Waals surface area contributed by atoms with Gasteiger partial charge < -0.3 is 14.4 Å². The van der Waals surface area contributed by atoms with Gasteiger partial charge in [0.25, 0.3) is 6.26 Å². The monoisotopic (exact) mass is 549 g/mol. The van der Waals surface area contributed by atoms with E-state index in [9.17, 15) is 4.79 Å². The van der Waals surface area contributed by atoms with Crippen molar-refractivity contribution in [2.24, 2.45) is 7.05 Å². The van der Waals surface area contributed by atoms with Gasteiger partial charge in [0.1, 0.15) is 11.6 Å². The number of nitriles is 1. The van der Waals surface area contributed by atoms with Crippen LogP contribution >= 0.6 is 0 Å². The third kappa shape index (κ3) is 5.30. The summed E-state index contributed by atoms with van der Waals surface area (Å²) in [7, 11) is 3.52. The number of fused-ring (bicyclic) bond motifs is 1. The van der Waals surface area contributed by atoms with Crippen molar-refractivity contribution in [2.45, 2.75) is 6.54 Å². The van der Waals surface area contributed by atoms with Crippen LogP contribution in [-0.4, -0.2) is 73.5 Å². The predicted octanol–water partition coefficient (Wildman–Crippen LogP) is 3.16. The van der Waals surface area contributed by atoms with Crippen molar-refractivity contribution in [3.05, 3.63) is 78.8 Å². The number of pyridine rings is 3. The molecule has 0 amide bonds. The molecule has 0 aliphatic carbocycles. The summed E-state index contributed by atoms with van der Waals surface area (Å²) in [6.45, 7) is 4.19. The molecule has 0 aromatic carbocycles. The number of rotatable bonds is 7. The van der Waals surface area contributed by atoms with Crippen LogP contribution in [0.25, 0.3) is 27.8 Å². The van der Waals surface area contributed by atoms with Gasteiger partial charge in [0.15, 0.2) is 5.69 Å². The zero-order valence-electron chi connectivity index (χ0n) is 22.6. The lowest BCUT2D eigenvalue weighted by Gasteiger charge is -2.35. The first-order valence-electron chi connectivity index (χ1n) is 13.1. The molecule has 5 aromatic rings. The van der Waals surface area contributed by atoms with Gasteiger partial charge in [-0.2, -0.15) is 10.2 Å². The van der Waals surface area contributed by atoms with E-state index in [0.29, 0.717) is 5.52 Å². The molecule has 1 fully saturated rings. The Bertz CT molecular complexity index is 1750. The average Bonchev–Trinajstić information content (AvgIpc) is 3.64. The number of piperazine rings is 1. The fourth-order valence-electron chi connectivity index (χ4n) is 5.05. The van der Waals surface area contributed by atoms with Gasteiger partial charge in [-0.15, -0.1) is 5.26 Å². The van der Waals surface area contributed by atoms with Crippen LogP contribution in [0.15, 0.2) is 67.4 Å². The molecule has 6 heterocycles. The van der Waals surface area contributed by atoms with E-state index in [0.717, 1.165) is 72.2 Å². The van der Waals surface area contributed by atoms with Crippen molar-refractivity contribution >= 4 is 17.3 Å². The van der Waals surface area contributed by atoms with Gasteiger partial charge in [0, 0.05) is 86.8 Å². The maximum Gasteiger partial charge on any atom is 0.374 e. The number of anilines is 1. The molecule has 1 aliphatic rings. The van der Waals surface area contributed by atoms with E-state index in [1.165, 1.54) is 6.26 Å². The molecule has 5 aromatic heterocycles. The van der Waals surface area contributed by atoms with Crippen LogP contribution in [0.1, 0.15) is 16.2 Å². The number of nitrogens with zero attached hydrogens (tertiary/aromatic N) is 9. The smallest absolute Gasteiger partial charge is 0.374 e. The Hall–Kier alpha value is -5.28. The van der Waals surface area contributed by atoms with Gasteiger partial charge >= 0.3 is 5.97 Å². The van der Waals surface area contributed by atoms with Crippen LogP contribution in [0, 0.1) is 11.5 Å². The van der Waals surface area contributed by atoms with Crippen molar-refractivity contribution in [3.63, 3.8) is 0 Å². The Labute approximate surface area is 236 Å². The van der Waals surface area contributed by atoms with Crippen molar-refractivity contribution in [2.75, 3.05) is 38.2 Å². The Morgan fingerprint density at radius 1 is 1.02 bits per heavy atom. The van der Waals surface area contributed by atoms with Gasteiger partial charge in [-0.1, -0.05) is 0 Å². The normalized spacial score (nSPS) is 13.7. The Morgan fingerprint density at radius 2 is 1.88 bits per heavy atom. The topological polar surface area (TPSA) is 127 Å². The standard InChI is InChI=1S/C29H27N9O3/c1-35-16-22(15-33-35)21-12-23(26-13-24(29(39)41-19-30)34-38(26)17-21)20-5-6-28(32-14-20)37-10-8-36(9-11-37)18-25-27(40-2)4-3-7-31-25/h3-7,12-17H,8-11,18H2,1-2H3. The molecular formula is C29H27N9O3. The second-order valence-electron chi connectivity index (χ2n) is 9.71. The highest BCUT2D eigenvalue weighted by molar-refractivity contribution is 5.93. The van der Waals surface area contributed by atoms with Crippen molar-refractivity contribution in [1.82, 2.24) is 34.3 Å². The maximum absolute atomic E-state index is 12.2. The number of aryl methyl sites for hydroxylation is 1. The number of esters is 1. The van der Waals surface area contributed by atoms with Crippen LogP contribution in [0.2, 0.25) is 0 Å². The summed E-state index contributed by atoms with van der Waals surface area (Å²) in [4.78, 5) is 26.1. The summed E-state index contributed by atoms with van der Waals surface area (Å²) in [6, 6.07) is 11.5. The number of hydrogen-bond acceptors (Lipinski definition) is 10. The minimum absolute atomic E-state index is 0.0434. The molecule has 12 nitrogen and oxygen atoms in total. The number of aromatic nitrogens is 6. The maximum atomic E-state index is 12.2. The van der Waals surface area contributed by atoms with E-state index in [1.807, 2.05) is 56.0 Å². The minimum atomic E-state index is -0.806. The van der Waals surface area contributed by atoms with Crippen molar-refractivity contribution in [3.8, 4) is 34.3 Å². The number of carbonyl (C=O) groups excluding carboxylic acids is 1. The second kappa shape index (κ2) is 11.1. The van der Waals surface area contributed by atoms with Crippen LogP contribution in [0.5, 0.6) is 5.75 Å². The predicted molar refractivity (Wildman–Crippen MR) is 150 cm³/mol. The fourth-order valence-corrected chi connectivity index (χ4v) is 5.05. The molecule has 206 valence electrons. The van der Waals surface area contributed by atoms with E-state index >= 15 is 0 Å². The molecule has 0 bridgehead atoms. The SMILES string of the molecule is COc1cccnc1CN1CCN(c2ccc(-c3cc(-c4cnn(C)c4)cn4nc(C(=O)OC#N)cc34)cn2)CC1. The molecule has 0 radical (unpaired) electrons. The minimum Gasteiger partial charge on any atom is -0.495 e. The summed E-state index contributed by atoms with van der Waals surface area (Å²) in [5.41, 5.74) is 5.15. The van der Waals surface area contributed by atoms with Crippen molar-refractivity contribution < 1.29 is 14.3 Å². The summed E-state index contributed by atoms with van der Waals surface area (Å²) >= 11 is 0. The van der Waals surface area contributed by atoms with Gasteiger partial charge in [-0.25, -0.2) is 14.3 Å².